The second kappa shape index (κ2) is 4.90. The van der Waals surface area contributed by atoms with Crippen molar-refractivity contribution in [2.24, 2.45) is 5.41 Å². The molecule has 0 atom stereocenters. The van der Waals surface area contributed by atoms with Crippen LogP contribution in [0.25, 0.3) is 11.3 Å². The van der Waals surface area contributed by atoms with Crippen molar-refractivity contribution in [3.8, 4) is 11.3 Å². The summed E-state index contributed by atoms with van der Waals surface area (Å²) in [4.78, 5) is 16.1. The van der Waals surface area contributed by atoms with Gasteiger partial charge in [-0.3, -0.25) is 4.79 Å². The first-order valence-corrected chi connectivity index (χ1v) is 6.71. The summed E-state index contributed by atoms with van der Waals surface area (Å²) in [5.74, 6) is 0.0175. The van der Waals surface area contributed by atoms with E-state index in [4.69, 9.17) is 0 Å². The molecule has 1 aromatic heterocycles. The first-order chi connectivity index (χ1) is 8.47. The Kier molecular flexibility index (Phi) is 3.48. The quantitative estimate of drug-likeness (QED) is 0.892. The van der Waals surface area contributed by atoms with Crippen molar-refractivity contribution < 1.29 is 4.79 Å². The van der Waals surface area contributed by atoms with Crippen LogP contribution in [0.15, 0.2) is 35.2 Å². The second-order valence-corrected chi connectivity index (χ2v) is 5.87. The van der Waals surface area contributed by atoms with Gasteiger partial charge in [0.25, 0.3) is 0 Å². The Morgan fingerprint density at radius 3 is 2.39 bits per heavy atom. The standard InChI is InChI=1S/C14H16N2OS/c1-14(2,3)13(17)16-11-6-4-10(5-7-11)12-8-18-9-15-12/h4-9H,1-3H3,(H,16,17). The molecule has 0 aliphatic rings. The number of amides is 1. The molecule has 1 heterocycles. The number of hydrogen-bond acceptors (Lipinski definition) is 3. The Morgan fingerprint density at radius 2 is 1.89 bits per heavy atom. The summed E-state index contributed by atoms with van der Waals surface area (Å²) in [5.41, 5.74) is 4.27. The lowest BCUT2D eigenvalue weighted by molar-refractivity contribution is -0.123. The van der Waals surface area contributed by atoms with Gasteiger partial charge in [-0.25, -0.2) is 4.98 Å². The van der Waals surface area contributed by atoms with E-state index < -0.39 is 0 Å². The smallest absolute Gasteiger partial charge is 0.229 e. The van der Waals surface area contributed by atoms with Crippen LogP contribution in [-0.4, -0.2) is 10.9 Å². The molecule has 0 spiro atoms. The van der Waals surface area contributed by atoms with Crippen LogP contribution in [0.1, 0.15) is 20.8 Å². The number of thiazole rings is 1. The van der Waals surface area contributed by atoms with Gasteiger partial charge in [0.15, 0.2) is 0 Å². The molecule has 0 bridgehead atoms. The minimum Gasteiger partial charge on any atom is -0.326 e. The molecule has 2 aromatic rings. The van der Waals surface area contributed by atoms with Gasteiger partial charge in [0.05, 0.1) is 11.2 Å². The maximum atomic E-state index is 11.8. The maximum Gasteiger partial charge on any atom is 0.229 e. The van der Waals surface area contributed by atoms with Crippen LogP contribution in [-0.2, 0) is 4.79 Å². The average Bonchev–Trinajstić information content (AvgIpc) is 2.82. The van der Waals surface area contributed by atoms with Gasteiger partial charge < -0.3 is 5.32 Å². The Balaban J connectivity index is 2.12. The fourth-order valence-electron chi connectivity index (χ4n) is 1.40. The van der Waals surface area contributed by atoms with Crippen molar-refractivity contribution in [3.05, 3.63) is 35.2 Å². The predicted octanol–water partition coefficient (Wildman–Crippen LogP) is 3.79. The highest BCUT2D eigenvalue weighted by molar-refractivity contribution is 7.07. The van der Waals surface area contributed by atoms with E-state index in [1.54, 1.807) is 11.3 Å². The summed E-state index contributed by atoms with van der Waals surface area (Å²) >= 11 is 1.57. The fourth-order valence-corrected chi connectivity index (χ4v) is 1.96. The monoisotopic (exact) mass is 260 g/mol. The molecule has 94 valence electrons. The van der Waals surface area contributed by atoms with E-state index in [1.165, 1.54) is 0 Å². The molecule has 1 aromatic carbocycles. The van der Waals surface area contributed by atoms with E-state index in [0.717, 1.165) is 16.9 Å². The molecule has 2 rings (SSSR count). The highest BCUT2D eigenvalue weighted by Gasteiger charge is 2.20. The van der Waals surface area contributed by atoms with E-state index in [0.29, 0.717) is 0 Å². The minimum absolute atomic E-state index is 0.0175. The Morgan fingerprint density at radius 1 is 1.22 bits per heavy atom. The summed E-state index contributed by atoms with van der Waals surface area (Å²) in [6.07, 6.45) is 0. The van der Waals surface area contributed by atoms with Gasteiger partial charge in [-0.15, -0.1) is 11.3 Å². The average molecular weight is 260 g/mol. The molecule has 0 aliphatic heterocycles. The normalized spacial score (nSPS) is 11.3. The lowest BCUT2D eigenvalue weighted by Gasteiger charge is -2.17. The van der Waals surface area contributed by atoms with Crippen LogP contribution in [0, 0.1) is 5.41 Å². The van der Waals surface area contributed by atoms with Crippen LogP contribution in [0.5, 0.6) is 0 Å². The summed E-state index contributed by atoms with van der Waals surface area (Å²) in [5, 5.41) is 4.90. The molecule has 4 heteroatoms. The molecule has 18 heavy (non-hydrogen) atoms. The molecular formula is C14H16N2OS. The molecule has 0 saturated heterocycles. The van der Waals surface area contributed by atoms with E-state index in [9.17, 15) is 4.79 Å². The van der Waals surface area contributed by atoms with Crippen LogP contribution < -0.4 is 5.32 Å². The number of carbonyl (C=O) groups is 1. The molecule has 0 saturated carbocycles. The molecule has 0 fully saturated rings. The third-order valence-corrected chi connectivity index (χ3v) is 3.14. The number of carbonyl (C=O) groups excluding carboxylic acids is 1. The zero-order valence-corrected chi connectivity index (χ0v) is 11.5. The van der Waals surface area contributed by atoms with E-state index in [1.807, 2.05) is 55.9 Å². The van der Waals surface area contributed by atoms with Gasteiger partial charge in [0.2, 0.25) is 5.91 Å². The first kappa shape index (κ1) is 12.8. The summed E-state index contributed by atoms with van der Waals surface area (Å²) in [7, 11) is 0. The summed E-state index contributed by atoms with van der Waals surface area (Å²) < 4.78 is 0. The zero-order chi connectivity index (χ0) is 13.2. The van der Waals surface area contributed by atoms with Crippen molar-refractivity contribution in [1.29, 1.82) is 0 Å². The van der Waals surface area contributed by atoms with Gasteiger partial charge in [0, 0.05) is 22.0 Å². The van der Waals surface area contributed by atoms with Crippen LogP contribution in [0.2, 0.25) is 0 Å². The highest BCUT2D eigenvalue weighted by atomic mass is 32.1. The van der Waals surface area contributed by atoms with Crippen LogP contribution in [0.3, 0.4) is 0 Å². The van der Waals surface area contributed by atoms with Crippen LogP contribution >= 0.6 is 11.3 Å². The van der Waals surface area contributed by atoms with Crippen molar-refractivity contribution in [2.45, 2.75) is 20.8 Å². The zero-order valence-electron chi connectivity index (χ0n) is 10.7. The molecule has 3 nitrogen and oxygen atoms in total. The number of hydrogen-bond donors (Lipinski definition) is 1. The third kappa shape index (κ3) is 2.96. The van der Waals surface area contributed by atoms with Gasteiger partial charge in [-0.1, -0.05) is 32.9 Å². The molecular weight excluding hydrogens is 244 g/mol. The van der Waals surface area contributed by atoms with E-state index in [-0.39, 0.29) is 11.3 Å². The summed E-state index contributed by atoms with van der Waals surface area (Å²) in [6, 6.07) is 7.73. The van der Waals surface area contributed by atoms with E-state index in [2.05, 4.69) is 10.3 Å². The van der Waals surface area contributed by atoms with Crippen LogP contribution in [0.4, 0.5) is 5.69 Å². The van der Waals surface area contributed by atoms with Crippen molar-refractivity contribution in [2.75, 3.05) is 5.32 Å². The van der Waals surface area contributed by atoms with Crippen molar-refractivity contribution in [3.63, 3.8) is 0 Å². The van der Waals surface area contributed by atoms with E-state index >= 15 is 0 Å². The predicted molar refractivity (Wildman–Crippen MR) is 75.6 cm³/mol. The van der Waals surface area contributed by atoms with Crippen molar-refractivity contribution >= 4 is 22.9 Å². The fraction of sp³-hybridized carbons (Fsp3) is 0.286. The van der Waals surface area contributed by atoms with Gasteiger partial charge in [-0.05, 0) is 12.1 Å². The second-order valence-electron chi connectivity index (χ2n) is 5.16. The number of benzene rings is 1. The molecule has 0 unspecified atom stereocenters. The number of nitrogens with zero attached hydrogens (tertiary/aromatic N) is 1. The number of nitrogens with one attached hydrogen (secondary N) is 1. The third-order valence-electron chi connectivity index (χ3n) is 2.55. The van der Waals surface area contributed by atoms with Gasteiger partial charge in [0.1, 0.15) is 0 Å². The summed E-state index contributed by atoms with van der Waals surface area (Å²) in [6.45, 7) is 5.68. The number of anilines is 1. The Bertz CT molecular complexity index is 524. The van der Waals surface area contributed by atoms with Gasteiger partial charge in [-0.2, -0.15) is 0 Å². The minimum atomic E-state index is -0.381. The van der Waals surface area contributed by atoms with Gasteiger partial charge >= 0.3 is 0 Å². The highest BCUT2D eigenvalue weighted by Crippen LogP contribution is 2.22. The Labute approximate surface area is 111 Å². The SMILES string of the molecule is CC(C)(C)C(=O)Nc1ccc(-c2cscn2)cc1. The van der Waals surface area contributed by atoms with Crippen molar-refractivity contribution in [1.82, 2.24) is 4.98 Å². The largest absolute Gasteiger partial charge is 0.326 e. The molecule has 1 N–H and O–H groups in total. The lowest BCUT2D eigenvalue weighted by Crippen LogP contribution is -2.27. The molecule has 0 aliphatic carbocycles. The Hall–Kier alpha value is -1.68. The topological polar surface area (TPSA) is 42.0 Å². The molecule has 1 amide bonds. The molecule has 0 radical (unpaired) electrons. The lowest BCUT2D eigenvalue weighted by atomic mass is 9.95. The number of aromatic nitrogens is 1. The maximum absolute atomic E-state index is 11.8. The first-order valence-electron chi connectivity index (χ1n) is 5.77. The number of rotatable bonds is 2.